The molecule has 93 heavy (non-hydrogen) atoms. The Labute approximate surface area is 538 Å². The van der Waals surface area contributed by atoms with Gasteiger partial charge in [0.2, 0.25) is 6.29 Å². The van der Waals surface area contributed by atoms with Crippen LogP contribution in [0.25, 0.3) is 0 Å². The van der Waals surface area contributed by atoms with Gasteiger partial charge in [-0.2, -0.15) is 0 Å². The second-order valence-corrected chi connectivity index (χ2v) is 30.7. The predicted octanol–water partition coefficient (Wildman–Crippen LogP) is -3.35. The first-order chi connectivity index (χ1) is 43.4. The third kappa shape index (κ3) is 12.2. The molecular formula is C63H100O30. The van der Waals surface area contributed by atoms with Gasteiger partial charge in [0.25, 0.3) is 0 Å². The Balaban J connectivity index is 0.848. The molecule has 16 N–H and O–H groups in total. The Hall–Kier alpha value is -2.36. The fourth-order valence-corrected chi connectivity index (χ4v) is 18.7. The van der Waals surface area contributed by atoms with E-state index in [9.17, 15) is 86.5 Å². The first kappa shape index (κ1) is 71.9. The van der Waals surface area contributed by atoms with Crippen LogP contribution >= 0.6 is 0 Å². The van der Waals surface area contributed by atoms with Gasteiger partial charge >= 0.3 is 11.9 Å². The quantitative estimate of drug-likeness (QED) is 0.0487. The molecule has 6 heterocycles. The summed E-state index contributed by atoms with van der Waals surface area (Å²) < 4.78 is 71.9. The summed E-state index contributed by atoms with van der Waals surface area (Å²) in [6, 6.07) is 0. The van der Waals surface area contributed by atoms with E-state index in [2.05, 4.69) is 54.5 Å². The molecular weight excluding hydrogens is 1240 g/mol. The Morgan fingerprint density at radius 1 is 0.484 bits per heavy atom. The summed E-state index contributed by atoms with van der Waals surface area (Å²) in [5, 5.41) is 176. The van der Waals surface area contributed by atoms with Gasteiger partial charge in [0, 0.05) is 0 Å². The zero-order chi connectivity index (χ0) is 67.9. The maximum Gasteiger partial charge on any atom is 0.335 e. The van der Waals surface area contributed by atoms with Crippen LogP contribution < -0.4 is 0 Å². The predicted molar refractivity (Wildman–Crippen MR) is 309 cm³/mol. The minimum Gasteiger partial charge on any atom is -0.479 e. The van der Waals surface area contributed by atoms with E-state index in [0.717, 1.165) is 5.57 Å². The molecule has 30 nitrogen and oxygen atoms in total. The van der Waals surface area contributed by atoms with E-state index in [1.807, 2.05) is 0 Å². The monoisotopic (exact) mass is 1340 g/mol. The van der Waals surface area contributed by atoms with Gasteiger partial charge < -0.3 is 139 Å². The number of carboxylic acid groups (broad SMARTS) is 1. The van der Waals surface area contributed by atoms with Gasteiger partial charge in [0.15, 0.2) is 43.7 Å². The molecule has 6 saturated heterocycles. The van der Waals surface area contributed by atoms with Crippen LogP contribution in [0.4, 0.5) is 0 Å². The van der Waals surface area contributed by atoms with E-state index in [1.54, 1.807) is 0 Å². The number of fused-ring (bicyclic) bond motifs is 7. The van der Waals surface area contributed by atoms with E-state index >= 15 is 4.79 Å². The van der Waals surface area contributed by atoms with Gasteiger partial charge in [0.1, 0.15) is 109 Å². The van der Waals surface area contributed by atoms with Crippen LogP contribution in [-0.2, 0) is 66.4 Å². The number of esters is 1. The molecule has 11 rings (SSSR count). The minimum atomic E-state index is -2.07. The topological polar surface area (TPSA) is 469 Å². The van der Waals surface area contributed by atoms with Crippen molar-refractivity contribution in [2.75, 3.05) is 19.8 Å². The molecule has 0 amide bonds. The number of hydrogen-bond donors (Lipinski definition) is 16. The third-order valence-corrected chi connectivity index (χ3v) is 24.4. The lowest BCUT2D eigenvalue weighted by Gasteiger charge is -2.71. The fraction of sp³-hybridized carbons (Fsp3) is 0.937. The number of carbonyl (C=O) groups is 2. The van der Waals surface area contributed by atoms with Crippen molar-refractivity contribution in [1.82, 2.24) is 0 Å². The SMILES string of the molecule is C[C@@H]1O[C@@H](O[C@@H]2[C@@H](O[C@@H]3O[C@@H](C)[C@H](O[C@@H]4OC[C@@H](O)[C@H](O[C@@H]5OC[C@@H](O)[C@H](O)[C@H]5O)[C@H]4O)[C@@H](O)[C@H]3O)[C@H](OC(=O)[C@]34CCC(C)(C)CC3C3=CCC5[C@@]6(C)CC[C@H](O[C@@H]7O[C@H](C(=O)O)[C@@H](O)[C@H](O)[C@H]7O)C(C)(C)C6CC[C@@]5(C)[C@]3(C)C[C@H]4O)OC[C@H]2O)[C@H](O)[C@H](O)[C@H]1O. The summed E-state index contributed by atoms with van der Waals surface area (Å²) in [7, 11) is 0. The van der Waals surface area contributed by atoms with E-state index in [4.69, 9.17) is 56.8 Å². The average Bonchev–Trinajstić information content (AvgIpc) is 0.672. The molecule has 3 unspecified atom stereocenters. The normalized spacial score (nSPS) is 54.6. The van der Waals surface area contributed by atoms with Crippen LogP contribution in [0.3, 0.4) is 0 Å². The van der Waals surface area contributed by atoms with Gasteiger partial charge in [-0.1, -0.05) is 60.1 Å². The minimum absolute atomic E-state index is 0.0271. The van der Waals surface area contributed by atoms with E-state index < -0.39 is 237 Å². The Bertz CT molecular complexity index is 2690. The smallest absolute Gasteiger partial charge is 0.335 e. The summed E-state index contributed by atoms with van der Waals surface area (Å²) >= 11 is 0. The maximum absolute atomic E-state index is 15.9. The maximum atomic E-state index is 15.9. The van der Waals surface area contributed by atoms with Gasteiger partial charge in [0.05, 0.1) is 44.2 Å². The Morgan fingerprint density at radius 2 is 1.02 bits per heavy atom. The molecule has 36 atom stereocenters. The zero-order valence-electron chi connectivity index (χ0n) is 53.9. The molecule has 10 fully saturated rings. The van der Waals surface area contributed by atoms with E-state index in [1.165, 1.54) is 13.8 Å². The lowest BCUT2D eigenvalue weighted by molar-refractivity contribution is -0.387. The molecule has 0 bridgehead atoms. The number of carbonyl (C=O) groups excluding carboxylic acids is 1. The number of aliphatic hydroxyl groups excluding tert-OH is 15. The Morgan fingerprint density at radius 3 is 1.68 bits per heavy atom. The molecule has 5 aliphatic carbocycles. The number of aliphatic carboxylic acids is 1. The number of hydrogen-bond acceptors (Lipinski definition) is 29. The fourth-order valence-electron chi connectivity index (χ4n) is 18.7. The van der Waals surface area contributed by atoms with Crippen molar-refractivity contribution in [3.05, 3.63) is 11.6 Å². The number of rotatable bonds is 13. The molecule has 0 aromatic carbocycles. The number of allylic oxidation sites excluding steroid dienone is 2. The second-order valence-electron chi connectivity index (χ2n) is 30.7. The van der Waals surface area contributed by atoms with Gasteiger partial charge in [-0.3, -0.25) is 4.79 Å². The van der Waals surface area contributed by atoms with Crippen molar-refractivity contribution >= 4 is 11.9 Å². The van der Waals surface area contributed by atoms with Crippen LogP contribution in [0.15, 0.2) is 11.6 Å². The third-order valence-electron chi connectivity index (χ3n) is 24.4. The summed E-state index contributed by atoms with van der Waals surface area (Å²) in [5.74, 6) is -2.91. The molecule has 11 aliphatic rings. The summed E-state index contributed by atoms with van der Waals surface area (Å²) in [5.41, 5.74) is -2.98. The van der Waals surface area contributed by atoms with Gasteiger partial charge in [-0.25, -0.2) is 4.79 Å². The number of carboxylic acids is 1. The molecule has 4 saturated carbocycles. The largest absolute Gasteiger partial charge is 0.479 e. The summed E-state index contributed by atoms with van der Waals surface area (Å²) in [6.45, 7) is 16.4. The number of aliphatic hydroxyl groups is 15. The molecule has 0 aromatic rings. The van der Waals surface area contributed by atoms with Crippen molar-refractivity contribution in [3.63, 3.8) is 0 Å². The highest BCUT2D eigenvalue weighted by atomic mass is 16.8. The molecule has 0 spiro atoms. The van der Waals surface area contributed by atoms with Crippen LogP contribution in [0.5, 0.6) is 0 Å². The highest BCUT2D eigenvalue weighted by Gasteiger charge is 2.72. The van der Waals surface area contributed by atoms with Crippen LogP contribution in [0, 0.1) is 50.2 Å². The van der Waals surface area contributed by atoms with E-state index in [0.29, 0.717) is 44.9 Å². The highest BCUT2D eigenvalue weighted by molar-refractivity contribution is 5.80. The Kier molecular flexibility index (Phi) is 20.3. The van der Waals surface area contributed by atoms with Crippen LogP contribution in [0.2, 0.25) is 0 Å². The van der Waals surface area contributed by atoms with Crippen molar-refractivity contribution in [2.45, 2.75) is 298 Å². The van der Waals surface area contributed by atoms with Gasteiger partial charge in [-0.15, -0.1) is 0 Å². The second kappa shape index (κ2) is 26.3. The van der Waals surface area contributed by atoms with E-state index in [-0.39, 0.29) is 35.5 Å². The summed E-state index contributed by atoms with van der Waals surface area (Å²) in [4.78, 5) is 27.9. The first-order valence-corrected chi connectivity index (χ1v) is 32.9. The highest BCUT2D eigenvalue weighted by Crippen LogP contribution is 2.76. The zero-order valence-corrected chi connectivity index (χ0v) is 53.9. The molecule has 532 valence electrons. The van der Waals surface area contributed by atoms with Gasteiger partial charge in [-0.05, 0) is 116 Å². The van der Waals surface area contributed by atoms with Crippen molar-refractivity contribution < 1.29 is 148 Å². The standard InChI is InChI=1S/C63H100O30/c1-23-34(68)36(70)41(75)53(85-23)90-47-29(66)22-84-56(49(47)92-54-43(77)39(73)45(24(2)86-54)88-52-44(78)46(28(65)21-83-52)89-51-40(74)35(69)27(64)20-82-51)93-57(81)63-17-16-58(3,4)18-26(63)25-10-11-31-60(7)14-13-33(87-55-42(76)37(71)38(72)48(91-55)50(79)80)59(5,6)30(60)12-15-61(31,8)62(25,9)19-32(63)67/h10,23-24,26-49,51-56,64-78H,11-22H2,1-9H3,(H,79,80)/t23-,24-,26?,27+,28+,29+,30?,31?,32+,33-,34-,35-,36+,37-,38-,39-,40+,41+,42+,43+,44+,45-,46-,47-,48-,49+,51-,52-,53-,54-,55+,56-,60-,61+,62+,63+/m0/s1. The molecule has 0 radical (unpaired) electrons. The number of ether oxygens (including phenoxy) is 12. The first-order valence-electron chi connectivity index (χ1n) is 32.9. The lowest BCUT2D eigenvalue weighted by Crippen LogP contribution is -2.68. The van der Waals surface area contributed by atoms with Crippen molar-refractivity contribution in [3.8, 4) is 0 Å². The van der Waals surface area contributed by atoms with Crippen molar-refractivity contribution in [2.24, 2.45) is 50.2 Å². The molecule has 30 heteroatoms. The molecule has 0 aromatic heterocycles. The summed E-state index contributed by atoms with van der Waals surface area (Å²) in [6.07, 6.45) is -41.2. The lowest BCUT2D eigenvalue weighted by atomic mass is 9.33. The molecule has 6 aliphatic heterocycles. The van der Waals surface area contributed by atoms with Crippen LogP contribution in [0.1, 0.15) is 120 Å². The average molecular weight is 1340 g/mol. The van der Waals surface area contributed by atoms with Crippen molar-refractivity contribution in [1.29, 1.82) is 0 Å². The van der Waals surface area contributed by atoms with Crippen LogP contribution in [-0.4, -0.2) is 292 Å².